The summed E-state index contributed by atoms with van der Waals surface area (Å²) >= 11 is 0. The lowest BCUT2D eigenvalue weighted by Gasteiger charge is -2.08. The normalized spacial score (nSPS) is 10.9. The zero-order valence-electron chi connectivity index (χ0n) is 16.6. The van der Waals surface area contributed by atoms with Crippen LogP contribution in [0, 0.1) is 6.92 Å². The summed E-state index contributed by atoms with van der Waals surface area (Å²) in [6.07, 6.45) is 1.68. The van der Waals surface area contributed by atoms with Crippen molar-refractivity contribution in [1.29, 1.82) is 0 Å². The predicted molar refractivity (Wildman–Crippen MR) is 113 cm³/mol. The minimum Gasteiger partial charge on any atom is -0.494 e. The van der Waals surface area contributed by atoms with Gasteiger partial charge in [0, 0.05) is 22.5 Å². The monoisotopic (exact) mass is 404 g/mol. The van der Waals surface area contributed by atoms with Gasteiger partial charge in [0.15, 0.2) is 6.61 Å². The number of aryl methyl sites for hydroxylation is 1. The Morgan fingerprint density at radius 3 is 2.80 bits per heavy atom. The molecular formula is C23H20N2O5. The standard InChI is InChI=1S/C23H20N2O5/c1-3-28-15-9-10-20-17(12-15)14(2)22(30-20)23(27)29-13-21(26)25-19-8-4-7-18-16(19)6-5-11-24-18/h4-12H,3,13H2,1-2H3,(H,25,26). The zero-order chi connectivity index (χ0) is 21.1. The molecule has 0 aliphatic rings. The fraction of sp³-hybridized carbons (Fsp3) is 0.174. The molecule has 1 amide bonds. The van der Waals surface area contributed by atoms with Gasteiger partial charge in [-0.25, -0.2) is 4.79 Å². The Morgan fingerprint density at radius 1 is 1.10 bits per heavy atom. The van der Waals surface area contributed by atoms with Crippen LogP contribution in [0.25, 0.3) is 21.9 Å². The summed E-state index contributed by atoms with van der Waals surface area (Å²) in [7, 11) is 0. The van der Waals surface area contributed by atoms with Crippen LogP contribution in [-0.2, 0) is 9.53 Å². The first-order chi connectivity index (χ1) is 14.6. The maximum atomic E-state index is 12.5. The van der Waals surface area contributed by atoms with Gasteiger partial charge in [0.2, 0.25) is 5.76 Å². The number of amides is 1. The molecule has 0 spiro atoms. The maximum absolute atomic E-state index is 12.5. The van der Waals surface area contributed by atoms with Crippen molar-refractivity contribution in [2.75, 3.05) is 18.5 Å². The van der Waals surface area contributed by atoms with Gasteiger partial charge in [-0.1, -0.05) is 6.07 Å². The van der Waals surface area contributed by atoms with Crippen molar-refractivity contribution in [3.05, 3.63) is 66.1 Å². The summed E-state index contributed by atoms with van der Waals surface area (Å²) in [4.78, 5) is 29.0. The first-order valence-corrected chi connectivity index (χ1v) is 9.53. The highest BCUT2D eigenvalue weighted by Gasteiger charge is 2.20. The predicted octanol–water partition coefficient (Wildman–Crippen LogP) is 4.48. The lowest BCUT2D eigenvalue weighted by atomic mass is 10.1. The van der Waals surface area contributed by atoms with Crippen molar-refractivity contribution in [2.24, 2.45) is 0 Å². The van der Waals surface area contributed by atoms with Crippen LogP contribution in [0.2, 0.25) is 0 Å². The third kappa shape index (κ3) is 3.82. The van der Waals surface area contributed by atoms with E-state index in [1.807, 2.05) is 25.1 Å². The molecule has 0 fully saturated rings. The fourth-order valence-corrected chi connectivity index (χ4v) is 3.25. The molecule has 2 aromatic carbocycles. The number of pyridine rings is 1. The average Bonchev–Trinajstić information content (AvgIpc) is 3.09. The van der Waals surface area contributed by atoms with Crippen molar-refractivity contribution >= 4 is 39.4 Å². The Bertz CT molecular complexity index is 1240. The Labute approximate surface area is 172 Å². The molecule has 0 aliphatic heterocycles. The number of nitrogens with one attached hydrogen (secondary N) is 1. The number of hydrogen-bond acceptors (Lipinski definition) is 6. The van der Waals surface area contributed by atoms with Crippen LogP contribution >= 0.6 is 0 Å². The maximum Gasteiger partial charge on any atom is 0.375 e. The quantitative estimate of drug-likeness (QED) is 0.477. The molecule has 0 aliphatic carbocycles. The number of benzene rings is 2. The second kappa shape index (κ2) is 8.24. The van der Waals surface area contributed by atoms with E-state index in [0.717, 1.165) is 16.3 Å². The Balaban J connectivity index is 1.45. The largest absolute Gasteiger partial charge is 0.494 e. The summed E-state index contributed by atoms with van der Waals surface area (Å²) in [6, 6.07) is 14.4. The van der Waals surface area contributed by atoms with Gasteiger partial charge in [0.05, 0.1) is 17.8 Å². The van der Waals surface area contributed by atoms with E-state index >= 15 is 0 Å². The smallest absolute Gasteiger partial charge is 0.375 e. The number of anilines is 1. The summed E-state index contributed by atoms with van der Waals surface area (Å²) in [5.74, 6) is -0.387. The molecule has 2 aromatic heterocycles. The number of nitrogens with zero attached hydrogens (tertiary/aromatic N) is 1. The van der Waals surface area contributed by atoms with Gasteiger partial charge >= 0.3 is 5.97 Å². The van der Waals surface area contributed by atoms with Crippen molar-refractivity contribution < 1.29 is 23.5 Å². The van der Waals surface area contributed by atoms with Gasteiger partial charge in [0.1, 0.15) is 11.3 Å². The topological polar surface area (TPSA) is 90.7 Å². The van der Waals surface area contributed by atoms with E-state index in [-0.39, 0.29) is 5.76 Å². The number of aromatic nitrogens is 1. The number of hydrogen-bond donors (Lipinski definition) is 1. The molecule has 7 heteroatoms. The number of furan rings is 1. The van der Waals surface area contributed by atoms with Crippen LogP contribution in [0.5, 0.6) is 5.75 Å². The third-order valence-corrected chi connectivity index (χ3v) is 4.66. The van der Waals surface area contributed by atoms with E-state index in [1.54, 1.807) is 43.5 Å². The molecule has 0 atom stereocenters. The van der Waals surface area contributed by atoms with Crippen LogP contribution in [0.15, 0.2) is 59.1 Å². The molecule has 4 rings (SSSR count). The van der Waals surface area contributed by atoms with Crippen LogP contribution in [0.3, 0.4) is 0 Å². The molecular weight excluding hydrogens is 384 g/mol. The van der Waals surface area contributed by atoms with Gasteiger partial charge < -0.3 is 19.2 Å². The van der Waals surface area contributed by atoms with E-state index in [0.29, 0.717) is 29.2 Å². The fourth-order valence-electron chi connectivity index (χ4n) is 3.25. The summed E-state index contributed by atoms with van der Waals surface area (Å²) in [5.41, 5.74) is 2.55. The molecule has 4 aromatic rings. The SMILES string of the molecule is CCOc1ccc2oc(C(=O)OCC(=O)Nc3cccc4ncccc34)c(C)c2c1. The Hall–Kier alpha value is -3.87. The first-order valence-electron chi connectivity index (χ1n) is 9.53. The Kier molecular flexibility index (Phi) is 5.34. The molecule has 30 heavy (non-hydrogen) atoms. The van der Waals surface area contributed by atoms with Gasteiger partial charge in [0.25, 0.3) is 5.91 Å². The molecule has 0 bridgehead atoms. The summed E-state index contributed by atoms with van der Waals surface area (Å²) < 4.78 is 16.3. The molecule has 0 saturated carbocycles. The molecule has 0 unspecified atom stereocenters. The zero-order valence-corrected chi connectivity index (χ0v) is 16.6. The van der Waals surface area contributed by atoms with Gasteiger partial charge in [-0.3, -0.25) is 9.78 Å². The van der Waals surface area contributed by atoms with Gasteiger partial charge in [-0.05, 0) is 56.3 Å². The van der Waals surface area contributed by atoms with Crippen LogP contribution in [0.1, 0.15) is 23.0 Å². The van der Waals surface area contributed by atoms with Gasteiger partial charge in [-0.2, -0.15) is 0 Å². The minimum atomic E-state index is -0.698. The number of rotatable bonds is 6. The lowest BCUT2D eigenvalue weighted by molar-refractivity contribution is -0.119. The summed E-state index contributed by atoms with van der Waals surface area (Å²) in [5, 5.41) is 4.32. The number of esters is 1. The number of carbonyl (C=O) groups excluding carboxylic acids is 2. The third-order valence-electron chi connectivity index (χ3n) is 4.66. The number of carbonyl (C=O) groups is 2. The van der Waals surface area contributed by atoms with E-state index in [9.17, 15) is 9.59 Å². The van der Waals surface area contributed by atoms with Crippen molar-refractivity contribution in [3.63, 3.8) is 0 Å². The summed E-state index contributed by atoms with van der Waals surface area (Å²) in [6.45, 7) is 3.77. The molecule has 0 saturated heterocycles. The molecule has 1 N–H and O–H groups in total. The van der Waals surface area contributed by atoms with Crippen LogP contribution in [-0.4, -0.2) is 30.1 Å². The highest BCUT2D eigenvalue weighted by Crippen LogP contribution is 2.29. The molecule has 152 valence electrons. The van der Waals surface area contributed by atoms with E-state index in [1.165, 1.54) is 0 Å². The van der Waals surface area contributed by atoms with Gasteiger partial charge in [-0.15, -0.1) is 0 Å². The van der Waals surface area contributed by atoms with Crippen LogP contribution in [0.4, 0.5) is 5.69 Å². The Morgan fingerprint density at radius 2 is 1.97 bits per heavy atom. The lowest BCUT2D eigenvalue weighted by Crippen LogP contribution is -2.21. The minimum absolute atomic E-state index is 0.0702. The first kappa shape index (κ1) is 19.4. The molecule has 0 radical (unpaired) electrons. The van der Waals surface area contributed by atoms with E-state index < -0.39 is 18.5 Å². The van der Waals surface area contributed by atoms with E-state index in [2.05, 4.69) is 10.3 Å². The highest BCUT2D eigenvalue weighted by atomic mass is 16.5. The highest BCUT2D eigenvalue weighted by molar-refractivity contribution is 6.02. The second-order valence-electron chi connectivity index (χ2n) is 6.65. The number of fused-ring (bicyclic) bond motifs is 2. The second-order valence-corrected chi connectivity index (χ2v) is 6.65. The average molecular weight is 404 g/mol. The molecule has 2 heterocycles. The number of ether oxygens (including phenoxy) is 2. The van der Waals surface area contributed by atoms with E-state index in [4.69, 9.17) is 13.9 Å². The molecule has 7 nitrogen and oxygen atoms in total. The van der Waals surface area contributed by atoms with Crippen molar-refractivity contribution in [1.82, 2.24) is 4.98 Å². The van der Waals surface area contributed by atoms with Crippen molar-refractivity contribution in [2.45, 2.75) is 13.8 Å². The van der Waals surface area contributed by atoms with Crippen LogP contribution < -0.4 is 10.1 Å². The van der Waals surface area contributed by atoms with Crippen molar-refractivity contribution in [3.8, 4) is 5.75 Å².